The van der Waals surface area contributed by atoms with Gasteiger partial charge in [-0.1, -0.05) is 105 Å². The van der Waals surface area contributed by atoms with Gasteiger partial charge >= 0.3 is 11.9 Å². The van der Waals surface area contributed by atoms with E-state index >= 15 is 0 Å². The lowest BCUT2D eigenvalue weighted by Gasteiger charge is -2.28. The van der Waals surface area contributed by atoms with Crippen LogP contribution in [-0.2, 0) is 19.1 Å². The Morgan fingerprint density at radius 3 is 1.31 bits per heavy atom. The second kappa shape index (κ2) is 18.4. The van der Waals surface area contributed by atoms with E-state index < -0.39 is 0 Å². The number of unbranched alkanes of at least 4 members (excludes halogenated alkanes) is 8. The van der Waals surface area contributed by atoms with Crippen molar-refractivity contribution in [2.75, 3.05) is 13.2 Å². The summed E-state index contributed by atoms with van der Waals surface area (Å²) in [5.74, 6) is 0.584. The van der Waals surface area contributed by atoms with Crippen LogP contribution >= 0.6 is 0 Å². The minimum atomic E-state index is -0.307. The molecule has 0 bridgehead atoms. The van der Waals surface area contributed by atoms with Crippen LogP contribution in [0.5, 0.6) is 0 Å². The van der Waals surface area contributed by atoms with E-state index in [-0.39, 0.29) is 23.8 Å². The van der Waals surface area contributed by atoms with Crippen LogP contribution in [0.4, 0.5) is 0 Å². The Balaban J connectivity index is 2.17. The van der Waals surface area contributed by atoms with Gasteiger partial charge in [-0.25, -0.2) is 0 Å². The number of esters is 2. The van der Waals surface area contributed by atoms with Crippen LogP contribution in [0.2, 0.25) is 0 Å². The molecular formula is C28H52O4. The van der Waals surface area contributed by atoms with Gasteiger partial charge in [0, 0.05) is 0 Å². The van der Waals surface area contributed by atoms with Crippen molar-refractivity contribution in [1.82, 2.24) is 0 Å². The Hall–Kier alpha value is -1.06. The molecule has 0 amide bonds. The molecule has 0 aromatic rings. The molecule has 0 spiro atoms. The normalized spacial score (nSPS) is 18.8. The molecule has 0 saturated heterocycles. The smallest absolute Gasteiger partial charge is 0.309 e. The van der Waals surface area contributed by atoms with Gasteiger partial charge in [-0.05, 0) is 37.5 Å². The first-order valence-electron chi connectivity index (χ1n) is 13.7. The summed E-state index contributed by atoms with van der Waals surface area (Å²) < 4.78 is 11.1. The van der Waals surface area contributed by atoms with E-state index in [1.54, 1.807) is 0 Å². The summed E-state index contributed by atoms with van der Waals surface area (Å²) in [6, 6.07) is 0. The second-order valence-corrected chi connectivity index (χ2v) is 10.7. The average Bonchev–Trinajstić information content (AvgIpc) is 2.76. The summed E-state index contributed by atoms with van der Waals surface area (Å²) in [7, 11) is 0. The summed E-state index contributed by atoms with van der Waals surface area (Å²) >= 11 is 0. The van der Waals surface area contributed by atoms with Crippen LogP contribution < -0.4 is 0 Å². The van der Waals surface area contributed by atoms with Gasteiger partial charge in [-0.15, -0.1) is 0 Å². The minimum Gasteiger partial charge on any atom is -0.465 e. The van der Waals surface area contributed by atoms with Crippen molar-refractivity contribution < 1.29 is 19.1 Å². The van der Waals surface area contributed by atoms with Crippen molar-refractivity contribution in [1.29, 1.82) is 0 Å². The molecule has 1 rings (SSSR count). The third-order valence-corrected chi connectivity index (χ3v) is 6.71. The number of hydrogen-bond acceptors (Lipinski definition) is 4. The van der Waals surface area contributed by atoms with E-state index in [1.165, 1.54) is 51.4 Å². The van der Waals surface area contributed by atoms with Gasteiger partial charge in [-0.2, -0.15) is 0 Å². The topological polar surface area (TPSA) is 52.6 Å². The molecular weight excluding hydrogens is 400 g/mol. The zero-order chi connectivity index (χ0) is 23.6. The van der Waals surface area contributed by atoms with Gasteiger partial charge in [0.15, 0.2) is 0 Å². The Bertz CT molecular complexity index is 442. The van der Waals surface area contributed by atoms with Gasteiger partial charge in [0.2, 0.25) is 0 Å². The van der Waals surface area contributed by atoms with E-state index in [9.17, 15) is 9.59 Å². The molecule has 188 valence electrons. The SMILES string of the molecule is CC(C)CCCCCCCOC(=O)[C@@H]1CCCC[C@H]1C(=O)OCCCCCCCC(C)C. The van der Waals surface area contributed by atoms with E-state index in [1.807, 2.05) is 0 Å². The van der Waals surface area contributed by atoms with Crippen molar-refractivity contribution in [3.05, 3.63) is 0 Å². The molecule has 1 saturated carbocycles. The first-order chi connectivity index (χ1) is 15.4. The standard InChI is InChI=1S/C28H52O4/c1-23(2)17-11-7-5-9-15-21-31-27(29)25-19-13-14-20-26(25)28(30)32-22-16-10-6-8-12-18-24(3)4/h23-26H,5-22H2,1-4H3/t25-,26-/m1/s1. The predicted octanol–water partition coefficient (Wildman–Crippen LogP) is 7.87. The summed E-state index contributed by atoms with van der Waals surface area (Å²) in [5, 5.41) is 0. The average molecular weight is 453 g/mol. The lowest BCUT2D eigenvalue weighted by Crippen LogP contribution is -2.35. The molecule has 0 aromatic carbocycles. The van der Waals surface area contributed by atoms with Gasteiger partial charge in [0.1, 0.15) is 0 Å². The monoisotopic (exact) mass is 452 g/mol. The molecule has 1 aliphatic carbocycles. The van der Waals surface area contributed by atoms with Gasteiger partial charge in [0.05, 0.1) is 25.0 Å². The second-order valence-electron chi connectivity index (χ2n) is 10.7. The minimum absolute atomic E-state index is 0.184. The molecule has 2 atom stereocenters. The molecule has 0 aromatic heterocycles. The highest BCUT2D eigenvalue weighted by Gasteiger charge is 2.37. The predicted molar refractivity (Wildman–Crippen MR) is 132 cm³/mol. The van der Waals surface area contributed by atoms with Crippen molar-refractivity contribution in [3.63, 3.8) is 0 Å². The molecule has 0 N–H and O–H groups in total. The molecule has 0 heterocycles. The maximum absolute atomic E-state index is 12.6. The maximum Gasteiger partial charge on any atom is 0.309 e. The first-order valence-corrected chi connectivity index (χ1v) is 13.7. The highest BCUT2D eigenvalue weighted by molar-refractivity contribution is 5.82. The fourth-order valence-electron chi connectivity index (χ4n) is 4.62. The number of carbonyl (C=O) groups excluding carboxylic acids is 2. The van der Waals surface area contributed by atoms with E-state index in [0.29, 0.717) is 13.2 Å². The van der Waals surface area contributed by atoms with E-state index in [4.69, 9.17) is 9.47 Å². The van der Waals surface area contributed by atoms with Crippen molar-refractivity contribution in [3.8, 4) is 0 Å². The zero-order valence-electron chi connectivity index (χ0n) is 21.7. The lowest BCUT2D eigenvalue weighted by molar-refractivity contribution is -0.163. The summed E-state index contributed by atoms with van der Waals surface area (Å²) in [4.78, 5) is 25.2. The Morgan fingerprint density at radius 2 is 0.938 bits per heavy atom. The molecule has 1 fully saturated rings. The van der Waals surface area contributed by atoms with Crippen LogP contribution in [0.1, 0.15) is 130 Å². The molecule has 0 radical (unpaired) electrons. The largest absolute Gasteiger partial charge is 0.465 e. The van der Waals surface area contributed by atoms with E-state index in [0.717, 1.165) is 63.2 Å². The first kappa shape index (κ1) is 29.0. The van der Waals surface area contributed by atoms with Gasteiger partial charge in [0.25, 0.3) is 0 Å². The summed E-state index contributed by atoms with van der Waals surface area (Å²) in [6.45, 7) is 10.0. The third kappa shape index (κ3) is 14.2. The van der Waals surface area contributed by atoms with Crippen molar-refractivity contribution in [2.24, 2.45) is 23.7 Å². The van der Waals surface area contributed by atoms with Crippen LogP contribution in [-0.4, -0.2) is 25.2 Å². The molecule has 0 aliphatic heterocycles. The number of ether oxygens (including phenoxy) is 2. The van der Waals surface area contributed by atoms with E-state index in [2.05, 4.69) is 27.7 Å². The number of rotatable bonds is 18. The van der Waals surface area contributed by atoms with Gasteiger partial charge < -0.3 is 9.47 Å². The molecule has 32 heavy (non-hydrogen) atoms. The quantitative estimate of drug-likeness (QED) is 0.157. The van der Waals surface area contributed by atoms with Crippen molar-refractivity contribution >= 4 is 11.9 Å². The molecule has 4 heteroatoms. The van der Waals surface area contributed by atoms with Gasteiger partial charge in [-0.3, -0.25) is 9.59 Å². The fraction of sp³-hybridized carbons (Fsp3) is 0.929. The Labute approximate surface area is 198 Å². The fourth-order valence-corrected chi connectivity index (χ4v) is 4.62. The van der Waals surface area contributed by atoms with Crippen LogP contribution in [0, 0.1) is 23.7 Å². The maximum atomic E-state index is 12.6. The molecule has 0 unspecified atom stereocenters. The third-order valence-electron chi connectivity index (χ3n) is 6.71. The van der Waals surface area contributed by atoms with Crippen LogP contribution in [0.25, 0.3) is 0 Å². The number of hydrogen-bond donors (Lipinski definition) is 0. The highest BCUT2D eigenvalue weighted by atomic mass is 16.5. The molecule has 4 nitrogen and oxygen atoms in total. The zero-order valence-corrected chi connectivity index (χ0v) is 21.7. The number of carbonyl (C=O) groups is 2. The highest BCUT2D eigenvalue weighted by Crippen LogP contribution is 2.32. The van der Waals surface area contributed by atoms with Crippen molar-refractivity contribution in [2.45, 2.75) is 130 Å². The van der Waals surface area contributed by atoms with Crippen LogP contribution in [0.15, 0.2) is 0 Å². The lowest BCUT2D eigenvalue weighted by atomic mass is 9.79. The summed E-state index contributed by atoms with van der Waals surface area (Å²) in [5.41, 5.74) is 0. The Morgan fingerprint density at radius 1 is 0.594 bits per heavy atom. The Kier molecular flexibility index (Phi) is 16.6. The summed E-state index contributed by atoms with van der Waals surface area (Å²) in [6.07, 6.45) is 17.7. The van der Waals surface area contributed by atoms with Crippen LogP contribution in [0.3, 0.4) is 0 Å². The molecule has 1 aliphatic rings.